The number of aryl methyl sites for hydroxylation is 1. The summed E-state index contributed by atoms with van der Waals surface area (Å²) in [5.41, 5.74) is 9.77. The van der Waals surface area contributed by atoms with Gasteiger partial charge in [0.25, 0.3) is 0 Å². The third-order valence-corrected chi connectivity index (χ3v) is 3.24. The summed E-state index contributed by atoms with van der Waals surface area (Å²) in [7, 11) is 1.65. The van der Waals surface area contributed by atoms with E-state index in [1.165, 1.54) is 0 Å². The Morgan fingerprint density at radius 3 is 2.74 bits per heavy atom. The molecule has 0 spiro atoms. The van der Waals surface area contributed by atoms with Crippen LogP contribution in [0, 0.1) is 13.8 Å². The SMILES string of the molecule is CCCN(CC(=O)NC)Cc1ncc(C)c(N)c1C. The number of aromatic nitrogens is 1. The minimum atomic E-state index is 0.0196. The smallest absolute Gasteiger partial charge is 0.233 e. The zero-order valence-corrected chi connectivity index (χ0v) is 12.3. The van der Waals surface area contributed by atoms with Crippen molar-refractivity contribution in [3.8, 4) is 0 Å². The van der Waals surface area contributed by atoms with E-state index in [0.717, 1.165) is 35.5 Å². The van der Waals surface area contributed by atoms with Crippen LogP contribution in [0.25, 0.3) is 0 Å². The van der Waals surface area contributed by atoms with Crippen molar-refractivity contribution in [3.63, 3.8) is 0 Å². The normalized spacial score (nSPS) is 10.8. The van der Waals surface area contributed by atoms with Gasteiger partial charge in [-0.05, 0) is 37.9 Å². The van der Waals surface area contributed by atoms with Crippen LogP contribution in [0.5, 0.6) is 0 Å². The molecule has 5 heteroatoms. The monoisotopic (exact) mass is 264 g/mol. The lowest BCUT2D eigenvalue weighted by atomic mass is 10.1. The largest absolute Gasteiger partial charge is 0.398 e. The zero-order chi connectivity index (χ0) is 14.4. The molecule has 19 heavy (non-hydrogen) atoms. The number of carbonyl (C=O) groups excluding carboxylic acids is 1. The molecular weight excluding hydrogens is 240 g/mol. The molecule has 0 aliphatic carbocycles. The molecule has 0 aromatic carbocycles. The fourth-order valence-electron chi connectivity index (χ4n) is 1.98. The summed E-state index contributed by atoms with van der Waals surface area (Å²) in [6.07, 6.45) is 2.79. The number of nitrogens with two attached hydrogens (primary N) is 1. The number of pyridine rings is 1. The van der Waals surface area contributed by atoms with E-state index >= 15 is 0 Å². The maximum atomic E-state index is 11.5. The highest BCUT2D eigenvalue weighted by Crippen LogP contribution is 2.19. The van der Waals surface area contributed by atoms with Crippen LogP contribution in [0.15, 0.2) is 6.20 Å². The molecule has 1 amide bonds. The minimum Gasteiger partial charge on any atom is -0.398 e. The number of hydrogen-bond acceptors (Lipinski definition) is 4. The Kier molecular flexibility index (Phi) is 5.76. The molecule has 3 N–H and O–H groups in total. The van der Waals surface area contributed by atoms with Gasteiger partial charge in [0.2, 0.25) is 5.91 Å². The standard InChI is InChI=1S/C14H24N4O/c1-5-6-18(9-13(19)16-4)8-12-11(3)14(15)10(2)7-17-12/h7H,5-6,8-9H2,1-4H3,(H2,15,17)(H,16,19). The van der Waals surface area contributed by atoms with E-state index in [1.807, 2.05) is 13.8 Å². The van der Waals surface area contributed by atoms with Gasteiger partial charge in [-0.1, -0.05) is 6.92 Å². The number of nitrogens with zero attached hydrogens (tertiary/aromatic N) is 2. The summed E-state index contributed by atoms with van der Waals surface area (Å²) < 4.78 is 0. The molecule has 106 valence electrons. The van der Waals surface area contributed by atoms with Crippen LogP contribution >= 0.6 is 0 Å². The lowest BCUT2D eigenvalue weighted by molar-refractivity contribution is -0.121. The molecule has 1 rings (SSSR count). The topological polar surface area (TPSA) is 71.2 Å². The molecule has 0 aliphatic heterocycles. The van der Waals surface area contributed by atoms with E-state index in [1.54, 1.807) is 13.2 Å². The highest BCUT2D eigenvalue weighted by Gasteiger charge is 2.13. The first-order valence-electron chi connectivity index (χ1n) is 6.63. The number of nitrogen functional groups attached to an aromatic ring is 1. The van der Waals surface area contributed by atoms with Gasteiger partial charge in [0.1, 0.15) is 0 Å². The Bertz CT molecular complexity index is 445. The second-order valence-electron chi connectivity index (χ2n) is 4.81. The number of carbonyl (C=O) groups is 1. The molecule has 0 saturated heterocycles. The van der Waals surface area contributed by atoms with Crippen molar-refractivity contribution in [1.82, 2.24) is 15.2 Å². The summed E-state index contributed by atoms with van der Waals surface area (Å²) in [6, 6.07) is 0. The number of amides is 1. The summed E-state index contributed by atoms with van der Waals surface area (Å²) in [5.74, 6) is 0.0196. The molecule has 0 fully saturated rings. The van der Waals surface area contributed by atoms with Crippen LogP contribution in [-0.2, 0) is 11.3 Å². The van der Waals surface area contributed by atoms with E-state index < -0.39 is 0 Å². The quantitative estimate of drug-likeness (QED) is 0.811. The van der Waals surface area contributed by atoms with E-state index in [9.17, 15) is 4.79 Å². The Labute approximate surface area is 115 Å². The van der Waals surface area contributed by atoms with E-state index in [0.29, 0.717) is 13.1 Å². The van der Waals surface area contributed by atoms with Crippen LogP contribution in [0.3, 0.4) is 0 Å². The van der Waals surface area contributed by atoms with E-state index in [4.69, 9.17) is 5.73 Å². The van der Waals surface area contributed by atoms with Crippen LogP contribution in [-0.4, -0.2) is 35.9 Å². The molecule has 0 radical (unpaired) electrons. The van der Waals surface area contributed by atoms with Crippen molar-refractivity contribution < 1.29 is 4.79 Å². The molecule has 0 bridgehead atoms. The second-order valence-corrected chi connectivity index (χ2v) is 4.81. The Hall–Kier alpha value is -1.62. The zero-order valence-electron chi connectivity index (χ0n) is 12.3. The summed E-state index contributed by atoms with van der Waals surface area (Å²) in [6.45, 7) is 7.93. The Balaban J connectivity index is 2.84. The Morgan fingerprint density at radius 2 is 2.16 bits per heavy atom. The van der Waals surface area contributed by atoms with Crippen molar-refractivity contribution in [3.05, 3.63) is 23.0 Å². The van der Waals surface area contributed by atoms with Gasteiger partial charge in [-0.2, -0.15) is 0 Å². The fourth-order valence-corrected chi connectivity index (χ4v) is 1.98. The molecule has 1 aromatic heterocycles. The molecule has 0 atom stereocenters. The van der Waals surface area contributed by atoms with Crippen LogP contribution < -0.4 is 11.1 Å². The predicted octanol–water partition coefficient (Wildman–Crippen LogP) is 1.24. The number of likely N-dealkylation sites (N-methyl/N-ethyl adjacent to an activating group) is 1. The molecule has 1 aromatic rings. The maximum Gasteiger partial charge on any atom is 0.233 e. The first-order chi connectivity index (χ1) is 8.99. The molecule has 0 aliphatic rings. The van der Waals surface area contributed by atoms with E-state index in [2.05, 4.69) is 22.1 Å². The van der Waals surface area contributed by atoms with Crippen LogP contribution in [0.2, 0.25) is 0 Å². The van der Waals surface area contributed by atoms with Gasteiger partial charge >= 0.3 is 0 Å². The van der Waals surface area contributed by atoms with Crippen LogP contribution in [0.4, 0.5) is 5.69 Å². The van der Waals surface area contributed by atoms with Gasteiger partial charge in [0, 0.05) is 25.5 Å². The summed E-state index contributed by atoms with van der Waals surface area (Å²) >= 11 is 0. The lowest BCUT2D eigenvalue weighted by Gasteiger charge is -2.21. The van der Waals surface area contributed by atoms with Gasteiger partial charge in [0.15, 0.2) is 0 Å². The lowest BCUT2D eigenvalue weighted by Crippen LogP contribution is -2.36. The van der Waals surface area contributed by atoms with Crippen molar-refractivity contribution in [2.75, 3.05) is 25.9 Å². The third-order valence-electron chi connectivity index (χ3n) is 3.24. The molecule has 0 unspecified atom stereocenters. The molecule has 1 heterocycles. The van der Waals surface area contributed by atoms with Gasteiger partial charge in [-0.3, -0.25) is 14.7 Å². The Morgan fingerprint density at radius 1 is 1.47 bits per heavy atom. The van der Waals surface area contributed by atoms with Crippen LogP contribution in [0.1, 0.15) is 30.2 Å². The number of nitrogens with one attached hydrogen (secondary N) is 1. The molecule has 5 nitrogen and oxygen atoms in total. The minimum absolute atomic E-state index is 0.0196. The predicted molar refractivity (Wildman–Crippen MR) is 77.8 cm³/mol. The van der Waals surface area contributed by atoms with Gasteiger partial charge in [-0.15, -0.1) is 0 Å². The number of rotatable bonds is 6. The third kappa shape index (κ3) is 4.21. The second kappa shape index (κ2) is 7.09. The average molecular weight is 264 g/mol. The van der Waals surface area contributed by atoms with Gasteiger partial charge in [0.05, 0.1) is 12.2 Å². The van der Waals surface area contributed by atoms with Crippen molar-refractivity contribution in [2.45, 2.75) is 33.7 Å². The number of anilines is 1. The maximum absolute atomic E-state index is 11.5. The first-order valence-corrected chi connectivity index (χ1v) is 6.63. The molecule has 0 saturated carbocycles. The highest BCUT2D eigenvalue weighted by molar-refractivity contribution is 5.77. The summed E-state index contributed by atoms with van der Waals surface area (Å²) in [5, 5.41) is 2.65. The molecular formula is C14H24N4O. The summed E-state index contributed by atoms with van der Waals surface area (Å²) in [4.78, 5) is 18.0. The average Bonchev–Trinajstić information content (AvgIpc) is 2.39. The number of hydrogen-bond donors (Lipinski definition) is 2. The van der Waals surface area contributed by atoms with Crippen molar-refractivity contribution in [2.24, 2.45) is 0 Å². The van der Waals surface area contributed by atoms with E-state index in [-0.39, 0.29) is 5.91 Å². The fraction of sp³-hybridized carbons (Fsp3) is 0.571. The highest BCUT2D eigenvalue weighted by atomic mass is 16.1. The van der Waals surface area contributed by atoms with Crippen molar-refractivity contribution in [1.29, 1.82) is 0 Å². The van der Waals surface area contributed by atoms with Gasteiger partial charge < -0.3 is 11.1 Å². The van der Waals surface area contributed by atoms with Gasteiger partial charge in [-0.25, -0.2) is 0 Å². The van der Waals surface area contributed by atoms with Crippen molar-refractivity contribution >= 4 is 11.6 Å². The first kappa shape index (κ1) is 15.4.